The highest BCUT2D eigenvalue weighted by Gasteiger charge is 1.88. The molecule has 0 aliphatic carbocycles. The van der Waals surface area contributed by atoms with Crippen LogP contribution in [0.1, 0.15) is 77.6 Å². The van der Waals surface area contributed by atoms with Crippen LogP contribution in [0.5, 0.6) is 0 Å². The third kappa shape index (κ3) is 21.8. The predicted octanol–water partition coefficient (Wildman–Crippen LogP) is 8.65. The predicted molar refractivity (Wildman–Crippen MR) is 180 cm³/mol. The Labute approximate surface area is 259 Å². The number of pyridine rings is 2. The SMILES string of the molecule is C.C.C.Cc1ccc(C)nc1.Cc1ccc(C)nc1.Cc1cnc(C)nc1.Cc1cnc(C)nc1.Cc1nnc(C)s1. The fourth-order valence-corrected chi connectivity index (χ4v) is 2.98. The van der Waals surface area contributed by atoms with E-state index in [1.165, 1.54) is 11.1 Å². The van der Waals surface area contributed by atoms with Crippen molar-refractivity contribution in [3.63, 3.8) is 0 Å². The summed E-state index contributed by atoms with van der Waals surface area (Å²) in [6, 6.07) is 8.13. The number of hydrogen-bond donors (Lipinski definition) is 0. The fourth-order valence-electron chi connectivity index (χ4n) is 2.39. The molecule has 0 fully saturated rings. The van der Waals surface area contributed by atoms with Crippen LogP contribution in [0.3, 0.4) is 0 Å². The van der Waals surface area contributed by atoms with Crippen molar-refractivity contribution in [3.8, 4) is 0 Å². The van der Waals surface area contributed by atoms with E-state index in [-0.39, 0.29) is 22.3 Å². The smallest absolute Gasteiger partial charge is 0.125 e. The van der Waals surface area contributed by atoms with Crippen LogP contribution in [0.15, 0.2) is 61.4 Å². The van der Waals surface area contributed by atoms with Crippen LogP contribution in [0.25, 0.3) is 0 Å². The van der Waals surface area contributed by atoms with Crippen LogP contribution in [0.2, 0.25) is 0 Å². The van der Waals surface area contributed by atoms with E-state index in [2.05, 4.69) is 52.2 Å². The Morgan fingerprint density at radius 1 is 0.381 bits per heavy atom. The molecule has 0 aliphatic rings. The molecule has 5 aromatic rings. The second kappa shape index (κ2) is 23.7. The van der Waals surface area contributed by atoms with Crippen molar-refractivity contribution in [3.05, 3.63) is 117 Å². The van der Waals surface area contributed by atoms with E-state index in [0.717, 1.165) is 44.2 Å². The van der Waals surface area contributed by atoms with Crippen LogP contribution in [0.4, 0.5) is 0 Å². The zero-order valence-corrected chi connectivity index (χ0v) is 25.6. The van der Waals surface area contributed by atoms with Gasteiger partial charge in [-0.1, -0.05) is 34.4 Å². The molecule has 9 heteroatoms. The Kier molecular flexibility index (Phi) is 24.0. The highest BCUT2D eigenvalue weighted by Crippen LogP contribution is 2.04. The standard InChI is InChI=1S/2C7H9N.2C6H8N2.C4H6N2S.3CH4/c2*1-6-3-4-7(2)8-5-6;2*1-5-3-7-6(2)8-4-5;1-3-5-6-4(2)7-3;;;/h2*3-5H,1-2H3;2*3-4H,1-2H3;1-2H3;3*1H4. The van der Waals surface area contributed by atoms with E-state index >= 15 is 0 Å². The van der Waals surface area contributed by atoms with Crippen molar-refractivity contribution >= 4 is 11.3 Å². The summed E-state index contributed by atoms with van der Waals surface area (Å²) < 4.78 is 0. The zero-order valence-electron chi connectivity index (χ0n) is 24.8. The molecule has 0 unspecified atom stereocenters. The molecule has 0 saturated carbocycles. The number of nitrogens with zero attached hydrogens (tertiary/aromatic N) is 8. The van der Waals surface area contributed by atoms with Gasteiger partial charge in [0.25, 0.3) is 0 Å². The number of aromatic nitrogens is 8. The lowest BCUT2D eigenvalue weighted by Gasteiger charge is -1.89. The highest BCUT2D eigenvalue weighted by atomic mass is 32.1. The normalized spacial score (nSPS) is 8.62. The Hall–Kier alpha value is -3.98. The average Bonchev–Trinajstić information content (AvgIpc) is 3.30. The minimum Gasteiger partial charge on any atom is -0.261 e. The van der Waals surface area contributed by atoms with E-state index in [1.54, 1.807) is 11.3 Å². The van der Waals surface area contributed by atoms with Crippen LogP contribution < -0.4 is 0 Å². The Morgan fingerprint density at radius 2 is 0.667 bits per heavy atom. The summed E-state index contributed by atoms with van der Waals surface area (Å²) in [6.45, 7) is 19.6. The quantitative estimate of drug-likeness (QED) is 0.176. The topological polar surface area (TPSA) is 103 Å². The highest BCUT2D eigenvalue weighted by molar-refractivity contribution is 7.11. The molecule has 0 aromatic carbocycles. The van der Waals surface area contributed by atoms with Gasteiger partial charge in [-0.2, -0.15) is 0 Å². The van der Waals surface area contributed by atoms with Gasteiger partial charge in [-0.15, -0.1) is 21.5 Å². The molecule has 5 aromatic heterocycles. The first kappa shape index (κ1) is 42.5. The second-order valence-corrected chi connectivity index (χ2v) is 10.3. The van der Waals surface area contributed by atoms with Crippen molar-refractivity contribution in [2.45, 2.75) is 91.5 Å². The van der Waals surface area contributed by atoms with Crippen molar-refractivity contribution < 1.29 is 0 Å². The molecule has 0 aliphatic heterocycles. The van der Waals surface area contributed by atoms with Gasteiger partial charge in [0.05, 0.1) is 0 Å². The maximum atomic E-state index is 4.08. The maximum Gasteiger partial charge on any atom is 0.125 e. The molecule has 0 saturated heterocycles. The average molecular weight is 593 g/mol. The first-order valence-corrected chi connectivity index (χ1v) is 13.3. The summed E-state index contributed by atoms with van der Waals surface area (Å²) in [7, 11) is 0. The molecule has 42 heavy (non-hydrogen) atoms. The summed E-state index contributed by atoms with van der Waals surface area (Å²) in [5, 5.41) is 9.65. The maximum absolute atomic E-state index is 4.08. The van der Waals surface area contributed by atoms with Crippen molar-refractivity contribution in [1.82, 2.24) is 40.1 Å². The van der Waals surface area contributed by atoms with Crippen molar-refractivity contribution in [1.29, 1.82) is 0 Å². The number of hydrogen-bond acceptors (Lipinski definition) is 9. The fraction of sp³-hybridized carbons (Fsp3) is 0.394. The van der Waals surface area contributed by atoms with Gasteiger partial charge in [0.2, 0.25) is 0 Å². The van der Waals surface area contributed by atoms with Crippen molar-refractivity contribution in [2.24, 2.45) is 0 Å². The molecular formula is C33H52N8S. The summed E-state index contributed by atoms with van der Waals surface area (Å²) in [4.78, 5) is 24.0. The molecule has 5 rings (SSSR count). The van der Waals surface area contributed by atoms with Gasteiger partial charge in [-0.25, -0.2) is 19.9 Å². The monoisotopic (exact) mass is 592 g/mol. The summed E-state index contributed by atoms with van der Waals surface area (Å²) >= 11 is 1.62. The van der Waals surface area contributed by atoms with E-state index < -0.39 is 0 Å². The number of aryl methyl sites for hydroxylation is 10. The van der Waals surface area contributed by atoms with Crippen molar-refractivity contribution in [2.75, 3.05) is 0 Å². The Bertz CT molecular complexity index is 1040. The largest absolute Gasteiger partial charge is 0.261 e. The second-order valence-electron chi connectivity index (χ2n) is 8.91. The summed E-state index contributed by atoms with van der Waals surface area (Å²) in [5.74, 6) is 1.66. The minimum absolute atomic E-state index is 0. The van der Waals surface area contributed by atoms with Crippen LogP contribution in [-0.2, 0) is 0 Å². The zero-order chi connectivity index (χ0) is 29.2. The first-order chi connectivity index (χ1) is 18.4. The lowest BCUT2D eigenvalue weighted by Crippen LogP contribution is -1.84. The Morgan fingerprint density at radius 3 is 0.833 bits per heavy atom. The molecule has 0 spiro atoms. The van der Waals surface area contributed by atoms with E-state index in [9.17, 15) is 0 Å². The van der Waals surface area contributed by atoms with Gasteiger partial charge >= 0.3 is 0 Å². The molecule has 0 N–H and O–H groups in total. The molecule has 5 heterocycles. The van der Waals surface area contributed by atoms with Gasteiger partial charge in [0.1, 0.15) is 21.7 Å². The van der Waals surface area contributed by atoms with Gasteiger partial charge in [-0.3, -0.25) is 9.97 Å². The third-order valence-electron chi connectivity index (χ3n) is 4.57. The van der Waals surface area contributed by atoms with E-state index in [1.807, 2.05) is 119 Å². The van der Waals surface area contributed by atoms with Crippen LogP contribution >= 0.6 is 11.3 Å². The van der Waals surface area contributed by atoms with Gasteiger partial charge in [-0.05, 0) is 104 Å². The van der Waals surface area contributed by atoms with Crippen LogP contribution in [0, 0.1) is 69.2 Å². The van der Waals surface area contributed by atoms with Crippen LogP contribution in [-0.4, -0.2) is 40.1 Å². The molecule has 8 nitrogen and oxygen atoms in total. The number of rotatable bonds is 0. The molecule has 0 bridgehead atoms. The van der Waals surface area contributed by atoms with Gasteiger partial charge in [0, 0.05) is 48.6 Å². The summed E-state index contributed by atoms with van der Waals surface area (Å²) in [5.41, 5.74) is 6.81. The minimum atomic E-state index is 0. The summed E-state index contributed by atoms with van der Waals surface area (Å²) in [6.07, 6.45) is 11.0. The van der Waals surface area contributed by atoms with Gasteiger partial charge in [0.15, 0.2) is 0 Å². The molecule has 0 atom stereocenters. The molecule has 0 radical (unpaired) electrons. The Balaban J connectivity index is -0.000000445. The molecular weight excluding hydrogens is 540 g/mol. The third-order valence-corrected chi connectivity index (χ3v) is 5.32. The molecule has 0 amide bonds. The first-order valence-electron chi connectivity index (χ1n) is 12.5. The lowest BCUT2D eigenvalue weighted by molar-refractivity contribution is 1.02. The molecule has 230 valence electrons. The van der Waals surface area contributed by atoms with E-state index in [0.29, 0.717) is 0 Å². The van der Waals surface area contributed by atoms with Gasteiger partial charge < -0.3 is 0 Å². The lowest BCUT2D eigenvalue weighted by atomic mass is 10.3. The van der Waals surface area contributed by atoms with E-state index in [4.69, 9.17) is 0 Å².